The van der Waals surface area contributed by atoms with Crippen molar-refractivity contribution in [2.24, 2.45) is 0 Å². The largest absolute Gasteiger partial charge is 0.478 e. The molecule has 0 spiro atoms. The van der Waals surface area contributed by atoms with Gasteiger partial charge in [0.25, 0.3) is 0 Å². The Morgan fingerprint density at radius 2 is 2.00 bits per heavy atom. The van der Waals surface area contributed by atoms with Crippen LogP contribution in [0.5, 0.6) is 0 Å². The van der Waals surface area contributed by atoms with E-state index in [0.717, 1.165) is 11.1 Å². The van der Waals surface area contributed by atoms with E-state index >= 15 is 0 Å². The second-order valence-corrected chi connectivity index (χ2v) is 4.05. The number of carboxylic acids is 1. The molecule has 0 atom stereocenters. The zero-order valence-electron chi connectivity index (χ0n) is 9.94. The minimum absolute atomic E-state index is 0.277. The minimum atomic E-state index is -0.941. The summed E-state index contributed by atoms with van der Waals surface area (Å²) < 4.78 is 5.07. The second-order valence-electron chi connectivity index (χ2n) is 4.05. The van der Waals surface area contributed by atoms with Crippen molar-refractivity contribution >= 4 is 5.97 Å². The highest BCUT2D eigenvalue weighted by atomic mass is 16.5. The van der Waals surface area contributed by atoms with E-state index in [9.17, 15) is 9.90 Å². The van der Waals surface area contributed by atoms with Gasteiger partial charge in [0.15, 0.2) is 0 Å². The van der Waals surface area contributed by atoms with E-state index in [-0.39, 0.29) is 5.56 Å². The third kappa shape index (κ3) is 1.93. The first-order valence-corrected chi connectivity index (χ1v) is 5.28. The van der Waals surface area contributed by atoms with Crippen molar-refractivity contribution in [1.29, 1.82) is 0 Å². The fourth-order valence-electron chi connectivity index (χ4n) is 1.92. The molecule has 0 amide bonds. The lowest BCUT2D eigenvalue weighted by atomic mass is 9.97. The van der Waals surface area contributed by atoms with Crippen LogP contribution in [0.3, 0.4) is 0 Å². The third-order valence-corrected chi connectivity index (χ3v) is 2.71. The van der Waals surface area contributed by atoms with E-state index in [2.05, 4.69) is 5.16 Å². The van der Waals surface area contributed by atoms with Gasteiger partial charge in [-0.2, -0.15) is 0 Å². The van der Waals surface area contributed by atoms with Gasteiger partial charge in [-0.3, -0.25) is 0 Å². The van der Waals surface area contributed by atoms with Gasteiger partial charge >= 0.3 is 5.97 Å². The molecule has 1 heterocycles. The van der Waals surface area contributed by atoms with Gasteiger partial charge in [0.05, 0.1) is 11.3 Å². The number of aromatic nitrogens is 1. The number of hydrogen-bond donors (Lipinski definition) is 1. The number of carboxylic acid groups (broad SMARTS) is 1. The lowest BCUT2D eigenvalue weighted by molar-refractivity contribution is 0.0697. The first-order chi connectivity index (χ1) is 8.00. The van der Waals surface area contributed by atoms with Crippen LogP contribution >= 0.6 is 0 Å². The van der Waals surface area contributed by atoms with Gasteiger partial charge < -0.3 is 9.63 Å². The molecule has 0 aliphatic carbocycles. The summed E-state index contributed by atoms with van der Waals surface area (Å²) in [4.78, 5) is 11.2. The summed E-state index contributed by atoms with van der Waals surface area (Å²) in [6.45, 7) is 5.45. The first kappa shape index (κ1) is 11.4. The van der Waals surface area contributed by atoms with Gasteiger partial charge in [0.1, 0.15) is 5.76 Å². The van der Waals surface area contributed by atoms with Crippen molar-refractivity contribution < 1.29 is 14.4 Å². The van der Waals surface area contributed by atoms with E-state index in [0.29, 0.717) is 17.0 Å². The molecule has 0 bridgehead atoms. The van der Waals surface area contributed by atoms with Crippen molar-refractivity contribution in [2.45, 2.75) is 20.8 Å². The fourth-order valence-corrected chi connectivity index (χ4v) is 1.92. The van der Waals surface area contributed by atoms with Crippen LogP contribution in [0.2, 0.25) is 0 Å². The summed E-state index contributed by atoms with van der Waals surface area (Å²) in [5, 5.41) is 13.1. The zero-order chi connectivity index (χ0) is 12.6. The molecule has 0 aliphatic heterocycles. The monoisotopic (exact) mass is 231 g/mol. The smallest absolute Gasteiger partial charge is 0.336 e. The summed E-state index contributed by atoms with van der Waals surface area (Å²) in [7, 11) is 0. The SMILES string of the molecule is Cc1ccc(-c2c(C)noc2C)c(C(=O)O)c1. The molecule has 0 unspecified atom stereocenters. The Kier molecular flexibility index (Phi) is 2.71. The molecule has 2 aromatic rings. The molecule has 1 aromatic heterocycles. The highest BCUT2D eigenvalue weighted by Gasteiger charge is 2.18. The van der Waals surface area contributed by atoms with E-state index in [1.807, 2.05) is 13.0 Å². The molecule has 17 heavy (non-hydrogen) atoms. The van der Waals surface area contributed by atoms with Crippen LogP contribution in [0.25, 0.3) is 11.1 Å². The average molecular weight is 231 g/mol. The lowest BCUT2D eigenvalue weighted by Gasteiger charge is -2.06. The van der Waals surface area contributed by atoms with Gasteiger partial charge in [0, 0.05) is 11.1 Å². The maximum absolute atomic E-state index is 11.2. The Morgan fingerprint density at radius 3 is 2.53 bits per heavy atom. The van der Waals surface area contributed by atoms with Crippen molar-refractivity contribution in [3.05, 3.63) is 40.8 Å². The van der Waals surface area contributed by atoms with E-state index in [1.54, 1.807) is 26.0 Å². The van der Waals surface area contributed by atoms with Crippen LogP contribution in [0.4, 0.5) is 0 Å². The highest BCUT2D eigenvalue weighted by Crippen LogP contribution is 2.30. The van der Waals surface area contributed by atoms with Crippen LogP contribution in [-0.2, 0) is 0 Å². The molecule has 2 rings (SSSR count). The molecule has 0 radical (unpaired) electrons. The van der Waals surface area contributed by atoms with Gasteiger partial charge in [0.2, 0.25) is 0 Å². The third-order valence-electron chi connectivity index (χ3n) is 2.71. The lowest BCUT2D eigenvalue weighted by Crippen LogP contribution is -2.01. The molecular formula is C13H13NO3. The predicted molar refractivity (Wildman–Crippen MR) is 63.1 cm³/mol. The van der Waals surface area contributed by atoms with Gasteiger partial charge in [-0.15, -0.1) is 0 Å². The fraction of sp³-hybridized carbons (Fsp3) is 0.231. The number of carbonyl (C=O) groups is 1. The molecular weight excluding hydrogens is 218 g/mol. The quantitative estimate of drug-likeness (QED) is 0.863. The maximum atomic E-state index is 11.2. The highest BCUT2D eigenvalue weighted by molar-refractivity contribution is 5.96. The van der Waals surface area contributed by atoms with Gasteiger partial charge in [-0.25, -0.2) is 4.79 Å². The van der Waals surface area contributed by atoms with Crippen LogP contribution in [0, 0.1) is 20.8 Å². The summed E-state index contributed by atoms with van der Waals surface area (Å²) in [6, 6.07) is 5.34. The molecule has 0 aliphatic rings. The van der Waals surface area contributed by atoms with Crippen molar-refractivity contribution in [2.75, 3.05) is 0 Å². The Labute approximate surface area is 98.9 Å². The molecule has 1 N–H and O–H groups in total. The van der Waals surface area contributed by atoms with Crippen molar-refractivity contribution in [3.8, 4) is 11.1 Å². The summed E-state index contributed by atoms with van der Waals surface area (Å²) in [6.07, 6.45) is 0. The van der Waals surface area contributed by atoms with Crippen molar-refractivity contribution in [3.63, 3.8) is 0 Å². The van der Waals surface area contributed by atoms with Gasteiger partial charge in [-0.05, 0) is 26.8 Å². The Balaban J connectivity index is 2.71. The average Bonchev–Trinajstić information content (AvgIpc) is 2.59. The molecule has 0 fully saturated rings. The van der Waals surface area contributed by atoms with Crippen LogP contribution < -0.4 is 0 Å². The van der Waals surface area contributed by atoms with E-state index in [4.69, 9.17) is 4.52 Å². The molecule has 0 saturated carbocycles. The number of rotatable bonds is 2. The number of benzene rings is 1. The Hall–Kier alpha value is -2.10. The zero-order valence-corrected chi connectivity index (χ0v) is 9.94. The standard InChI is InChI=1S/C13H13NO3/c1-7-4-5-10(11(6-7)13(15)16)12-8(2)14-17-9(12)3/h4-6H,1-3H3,(H,15,16). The second kappa shape index (κ2) is 4.05. The molecule has 88 valence electrons. The molecule has 1 aromatic carbocycles. The topological polar surface area (TPSA) is 63.3 Å². The maximum Gasteiger partial charge on any atom is 0.336 e. The van der Waals surface area contributed by atoms with E-state index in [1.165, 1.54) is 0 Å². The minimum Gasteiger partial charge on any atom is -0.478 e. The molecule has 4 heteroatoms. The Morgan fingerprint density at radius 1 is 1.29 bits per heavy atom. The van der Waals surface area contributed by atoms with Crippen LogP contribution in [-0.4, -0.2) is 16.2 Å². The summed E-state index contributed by atoms with van der Waals surface area (Å²) >= 11 is 0. The van der Waals surface area contributed by atoms with Crippen LogP contribution in [0.15, 0.2) is 22.7 Å². The number of hydrogen-bond acceptors (Lipinski definition) is 3. The van der Waals surface area contributed by atoms with E-state index < -0.39 is 5.97 Å². The first-order valence-electron chi connectivity index (χ1n) is 5.28. The molecule has 0 saturated heterocycles. The summed E-state index contributed by atoms with van der Waals surface area (Å²) in [5.74, 6) is -0.308. The van der Waals surface area contributed by atoms with Gasteiger partial charge in [-0.1, -0.05) is 22.9 Å². The normalized spacial score (nSPS) is 10.5. The number of aromatic carboxylic acids is 1. The number of aryl methyl sites for hydroxylation is 3. The predicted octanol–water partition coefficient (Wildman–Crippen LogP) is 2.97. The van der Waals surface area contributed by atoms with Crippen LogP contribution in [0.1, 0.15) is 27.4 Å². The Bertz CT molecular complexity index is 565. The summed E-state index contributed by atoms with van der Waals surface area (Å²) in [5.41, 5.74) is 3.31. The van der Waals surface area contributed by atoms with Crippen molar-refractivity contribution in [1.82, 2.24) is 5.16 Å². The number of nitrogens with zero attached hydrogens (tertiary/aromatic N) is 1. The molecule has 4 nitrogen and oxygen atoms in total.